The molecule has 1 N–H and O–H groups in total. The third kappa shape index (κ3) is 3.03. The predicted octanol–water partition coefficient (Wildman–Crippen LogP) is 2.74. The minimum Gasteiger partial charge on any atom is -0.369 e. The fraction of sp³-hybridized carbons (Fsp3) is 0.647. The van der Waals surface area contributed by atoms with Crippen LogP contribution in [0.25, 0.3) is 0 Å². The maximum Gasteiger partial charge on any atom is 0.317 e. The lowest BCUT2D eigenvalue weighted by atomic mass is 9.75. The predicted molar refractivity (Wildman–Crippen MR) is 88.3 cm³/mol. The van der Waals surface area contributed by atoms with Crippen LogP contribution < -0.4 is 10.2 Å². The van der Waals surface area contributed by atoms with Gasteiger partial charge in [-0.15, -0.1) is 0 Å². The molecule has 1 atom stereocenters. The Labute approximate surface area is 141 Å². The highest BCUT2D eigenvalue weighted by molar-refractivity contribution is 5.74. The monoisotopic (exact) mass is 338 g/mol. The zero-order valence-electron chi connectivity index (χ0n) is 14.1. The highest BCUT2D eigenvalue weighted by atomic mass is 19.3. The number of hydrogen-bond donors (Lipinski definition) is 1. The summed E-state index contributed by atoms with van der Waals surface area (Å²) in [4.78, 5) is 19.8. The number of urea groups is 1. The van der Waals surface area contributed by atoms with E-state index >= 15 is 0 Å². The number of hydrogen-bond acceptors (Lipinski definition) is 3. The van der Waals surface area contributed by atoms with E-state index in [9.17, 15) is 13.6 Å². The summed E-state index contributed by atoms with van der Waals surface area (Å²) >= 11 is 0. The molecule has 0 bridgehead atoms. The van der Waals surface area contributed by atoms with Crippen molar-refractivity contribution in [2.45, 2.75) is 38.7 Å². The number of likely N-dealkylation sites (tertiary alicyclic amines) is 1. The van der Waals surface area contributed by atoms with Crippen LogP contribution in [-0.4, -0.2) is 54.1 Å². The van der Waals surface area contributed by atoms with Crippen LogP contribution in [0.1, 0.15) is 26.7 Å². The number of aromatic nitrogens is 1. The molecule has 0 radical (unpaired) electrons. The first-order valence-corrected chi connectivity index (χ1v) is 8.41. The number of carbonyl (C=O) groups is 1. The summed E-state index contributed by atoms with van der Waals surface area (Å²) in [5, 5.41) is 2.81. The van der Waals surface area contributed by atoms with Crippen molar-refractivity contribution in [3.63, 3.8) is 0 Å². The van der Waals surface area contributed by atoms with E-state index in [1.165, 1.54) is 0 Å². The highest BCUT2D eigenvalue weighted by Gasteiger charge is 2.60. The molecule has 1 aromatic rings. The summed E-state index contributed by atoms with van der Waals surface area (Å²) in [7, 11) is 0. The third-order valence-electron chi connectivity index (χ3n) is 5.03. The zero-order chi connectivity index (χ0) is 17.4. The Bertz CT molecular complexity index is 596. The van der Waals surface area contributed by atoms with Crippen molar-refractivity contribution in [1.82, 2.24) is 15.2 Å². The van der Waals surface area contributed by atoms with E-state index in [0.29, 0.717) is 13.0 Å². The Morgan fingerprint density at radius 2 is 2.08 bits per heavy atom. The lowest BCUT2D eigenvalue weighted by Crippen LogP contribution is -2.60. The smallest absolute Gasteiger partial charge is 0.317 e. The van der Waals surface area contributed by atoms with Gasteiger partial charge in [0.15, 0.2) is 0 Å². The number of nitrogens with one attached hydrogen (secondary N) is 1. The minimum atomic E-state index is -2.77. The normalized spacial score (nSPS) is 26.2. The summed E-state index contributed by atoms with van der Waals surface area (Å²) in [6.07, 6.45) is 3.46. The first-order valence-electron chi connectivity index (χ1n) is 8.41. The van der Waals surface area contributed by atoms with Crippen molar-refractivity contribution >= 4 is 11.7 Å². The number of nitrogens with zero attached hydrogens (tertiary/aromatic N) is 3. The first kappa shape index (κ1) is 16.9. The van der Waals surface area contributed by atoms with E-state index in [0.717, 1.165) is 5.69 Å². The molecule has 2 aliphatic rings. The molecule has 0 unspecified atom stereocenters. The van der Waals surface area contributed by atoms with Crippen LogP contribution >= 0.6 is 0 Å². The summed E-state index contributed by atoms with van der Waals surface area (Å²) < 4.78 is 29.5. The fourth-order valence-electron chi connectivity index (χ4n) is 3.67. The van der Waals surface area contributed by atoms with Crippen molar-refractivity contribution in [2.24, 2.45) is 5.41 Å². The van der Waals surface area contributed by atoms with Crippen LogP contribution in [0.4, 0.5) is 19.3 Å². The van der Waals surface area contributed by atoms with Gasteiger partial charge >= 0.3 is 6.03 Å². The molecule has 2 aliphatic heterocycles. The van der Waals surface area contributed by atoms with E-state index < -0.39 is 11.3 Å². The number of amides is 2. The van der Waals surface area contributed by atoms with E-state index in [1.54, 1.807) is 17.3 Å². The summed E-state index contributed by atoms with van der Waals surface area (Å²) in [6.45, 7) is 4.73. The third-order valence-corrected chi connectivity index (χ3v) is 5.03. The van der Waals surface area contributed by atoms with E-state index in [-0.39, 0.29) is 38.1 Å². The standard InChI is InChI=1S/C17H24F2N4O/c1-13(2)21-15(24)23-9-6-17(18,19)16(12-23)5-8-22(11-16)14-4-3-7-20-10-14/h3-4,7,10,13H,5-6,8-9,11-12H2,1-2H3,(H,21,24)/t16-/m0/s1. The average Bonchev–Trinajstić information content (AvgIpc) is 2.96. The van der Waals surface area contributed by atoms with Gasteiger partial charge < -0.3 is 15.1 Å². The Hall–Kier alpha value is -1.92. The van der Waals surface area contributed by atoms with Crippen LogP contribution in [0.5, 0.6) is 0 Å². The van der Waals surface area contributed by atoms with Gasteiger partial charge in [-0.2, -0.15) is 0 Å². The van der Waals surface area contributed by atoms with Crippen molar-refractivity contribution in [1.29, 1.82) is 0 Å². The van der Waals surface area contributed by atoms with Crippen molar-refractivity contribution < 1.29 is 13.6 Å². The zero-order valence-corrected chi connectivity index (χ0v) is 14.1. The lowest BCUT2D eigenvalue weighted by Gasteiger charge is -2.46. The molecule has 7 heteroatoms. The van der Waals surface area contributed by atoms with Crippen LogP contribution in [-0.2, 0) is 0 Å². The molecule has 0 aliphatic carbocycles. The van der Waals surface area contributed by atoms with Crippen LogP contribution in [0.3, 0.4) is 0 Å². The quantitative estimate of drug-likeness (QED) is 0.902. The number of carbonyl (C=O) groups excluding carboxylic acids is 1. The van der Waals surface area contributed by atoms with Gasteiger partial charge in [0.2, 0.25) is 0 Å². The maximum atomic E-state index is 14.8. The molecule has 1 aromatic heterocycles. The van der Waals surface area contributed by atoms with Gasteiger partial charge in [0.1, 0.15) is 0 Å². The van der Waals surface area contributed by atoms with Crippen molar-refractivity contribution in [2.75, 3.05) is 31.1 Å². The Morgan fingerprint density at radius 1 is 1.29 bits per heavy atom. The van der Waals surface area contributed by atoms with Gasteiger partial charge in [-0.05, 0) is 32.4 Å². The second kappa shape index (κ2) is 6.18. The topological polar surface area (TPSA) is 48.5 Å². The second-order valence-corrected chi connectivity index (χ2v) is 7.14. The fourth-order valence-corrected chi connectivity index (χ4v) is 3.67. The molecule has 132 valence electrons. The van der Waals surface area contributed by atoms with Gasteiger partial charge in [-0.1, -0.05) is 0 Å². The Kier molecular flexibility index (Phi) is 4.36. The Morgan fingerprint density at radius 3 is 2.75 bits per heavy atom. The number of halogens is 2. The molecule has 0 saturated carbocycles. The molecule has 24 heavy (non-hydrogen) atoms. The lowest BCUT2D eigenvalue weighted by molar-refractivity contribution is -0.149. The number of rotatable bonds is 2. The largest absolute Gasteiger partial charge is 0.369 e. The van der Waals surface area contributed by atoms with Gasteiger partial charge in [-0.25, -0.2) is 13.6 Å². The molecule has 3 heterocycles. The molecule has 1 spiro atoms. The van der Waals surface area contributed by atoms with E-state index in [4.69, 9.17) is 0 Å². The minimum absolute atomic E-state index is 0.00800. The summed E-state index contributed by atoms with van der Waals surface area (Å²) in [5.74, 6) is -2.77. The molecule has 3 rings (SSSR count). The molecule has 0 aromatic carbocycles. The van der Waals surface area contributed by atoms with Gasteiger partial charge in [0, 0.05) is 44.8 Å². The summed E-state index contributed by atoms with van der Waals surface area (Å²) in [5.41, 5.74) is -0.330. The Balaban J connectivity index is 1.78. The average molecular weight is 338 g/mol. The van der Waals surface area contributed by atoms with Gasteiger partial charge in [0.25, 0.3) is 5.92 Å². The molecular weight excluding hydrogens is 314 g/mol. The molecular formula is C17H24F2N4O. The number of pyridine rings is 1. The molecule has 2 fully saturated rings. The molecule has 2 saturated heterocycles. The molecule has 5 nitrogen and oxygen atoms in total. The highest BCUT2D eigenvalue weighted by Crippen LogP contribution is 2.50. The number of piperidine rings is 1. The molecule has 2 amide bonds. The van der Waals surface area contributed by atoms with Crippen molar-refractivity contribution in [3.8, 4) is 0 Å². The SMILES string of the molecule is CC(C)NC(=O)N1CCC(F)(F)[C@]2(CCN(c3cccnc3)C2)C1. The summed E-state index contributed by atoms with van der Waals surface area (Å²) in [6, 6.07) is 3.43. The number of alkyl halides is 2. The van der Waals surface area contributed by atoms with Gasteiger partial charge in [-0.3, -0.25) is 4.98 Å². The van der Waals surface area contributed by atoms with Crippen LogP contribution in [0.2, 0.25) is 0 Å². The van der Waals surface area contributed by atoms with Crippen LogP contribution in [0.15, 0.2) is 24.5 Å². The number of anilines is 1. The maximum absolute atomic E-state index is 14.8. The first-order chi connectivity index (χ1) is 11.3. The van der Waals surface area contributed by atoms with E-state index in [1.807, 2.05) is 30.9 Å². The van der Waals surface area contributed by atoms with Gasteiger partial charge in [0.05, 0.1) is 17.3 Å². The van der Waals surface area contributed by atoms with E-state index in [2.05, 4.69) is 10.3 Å². The van der Waals surface area contributed by atoms with Crippen LogP contribution in [0, 0.1) is 5.41 Å². The second-order valence-electron chi connectivity index (χ2n) is 7.14. The van der Waals surface area contributed by atoms with Crippen molar-refractivity contribution in [3.05, 3.63) is 24.5 Å².